The topological polar surface area (TPSA) is 33.4 Å². The molecule has 0 aliphatic heterocycles. The average Bonchev–Trinajstić information content (AvgIpc) is 2.50. The van der Waals surface area contributed by atoms with E-state index in [-0.39, 0.29) is 6.10 Å². The highest BCUT2D eigenvalue weighted by Crippen LogP contribution is 2.34. The first-order chi connectivity index (χ1) is 7.27. The highest BCUT2D eigenvalue weighted by Gasteiger charge is 2.23. The fourth-order valence-electron chi connectivity index (χ4n) is 2.05. The van der Waals surface area contributed by atoms with Crippen LogP contribution in [-0.4, -0.2) is 16.5 Å². The molecule has 1 fully saturated rings. The summed E-state index contributed by atoms with van der Waals surface area (Å²) in [6.45, 7) is 1.98. The molecule has 1 aliphatic carbocycles. The van der Waals surface area contributed by atoms with Gasteiger partial charge in [0.25, 0.3) is 0 Å². The van der Waals surface area contributed by atoms with Gasteiger partial charge >= 0.3 is 0 Å². The summed E-state index contributed by atoms with van der Waals surface area (Å²) in [5, 5.41) is 10.3. The van der Waals surface area contributed by atoms with Crippen molar-refractivity contribution in [3.05, 3.63) is 18.1 Å². The van der Waals surface area contributed by atoms with Crippen molar-refractivity contribution in [2.24, 2.45) is 0 Å². The van der Waals surface area contributed by atoms with Crippen molar-refractivity contribution in [1.82, 2.24) is 0 Å². The van der Waals surface area contributed by atoms with E-state index < -0.39 is 0 Å². The van der Waals surface area contributed by atoms with E-state index in [1.54, 1.807) is 18.0 Å². The molecule has 0 spiro atoms. The third-order valence-electron chi connectivity index (χ3n) is 3.01. The standard InChI is InChI=1S/C12H18O2S/c1-9-11(7-8-14-9)15-12-6-4-2-3-5-10(12)13/h7-8,10,12-13H,2-6H2,1H3. The maximum Gasteiger partial charge on any atom is 0.114 e. The quantitative estimate of drug-likeness (QED) is 0.785. The fourth-order valence-corrected chi connectivity index (χ4v) is 3.30. The number of rotatable bonds is 2. The van der Waals surface area contributed by atoms with E-state index in [9.17, 15) is 5.11 Å². The Hall–Kier alpha value is -0.410. The molecule has 0 saturated heterocycles. The van der Waals surface area contributed by atoms with E-state index >= 15 is 0 Å². The fraction of sp³-hybridized carbons (Fsp3) is 0.667. The molecule has 15 heavy (non-hydrogen) atoms. The summed E-state index contributed by atoms with van der Waals surface area (Å²) in [5.74, 6) is 0.969. The first-order valence-electron chi connectivity index (χ1n) is 5.66. The Morgan fingerprint density at radius 1 is 1.33 bits per heavy atom. The molecule has 1 aromatic rings. The number of aliphatic hydroxyl groups excluding tert-OH is 1. The van der Waals surface area contributed by atoms with Crippen LogP contribution < -0.4 is 0 Å². The molecule has 2 unspecified atom stereocenters. The highest BCUT2D eigenvalue weighted by atomic mass is 32.2. The molecule has 2 rings (SSSR count). The molecule has 1 heterocycles. The van der Waals surface area contributed by atoms with E-state index in [0.29, 0.717) is 5.25 Å². The Morgan fingerprint density at radius 2 is 2.13 bits per heavy atom. The monoisotopic (exact) mass is 226 g/mol. The van der Waals surface area contributed by atoms with Crippen molar-refractivity contribution < 1.29 is 9.52 Å². The van der Waals surface area contributed by atoms with E-state index in [1.165, 1.54) is 24.2 Å². The normalized spacial score (nSPS) is 27.6. The smallest absolute Gasteiger partial charge is 0.114 e. The molecule has 3 heteroatoms. The van der Waals surface area contributed by atoms with E-state index in [0.717, 1.165) is 18.6 Å². The van der Waals surface area contributed by atoms with Gasteiger partial charge in [-0.3, -0.25) is 0 Å². The van der Waals surface area contributed by atoms with Gasteiger partial charge in [0.05, 0.1) is 12.4 Å². The van der Waals surface area contributed by atoms with E-state index in [1.807, 2.05) is 13.0 Å². The Morgan fingerprint density at radius 3 is 2.87 bits per heavy atom. The lowest BCUT2D eigenvalue weighted by Gasteiger charge is -2.19. The van der Waals surface area contributed by atoms with Crippen LogP contribution in [0.3, 0.4) is 0 Å². The Labute approximate surface area is 95.1 Å². The molecule has 2 nitrogen and oxygen atoms in total. The average molecular weight is 226 g/mol. The van der Waals surface area contributed by atoms with Crippen LogP contribution in [0, 0.1) is 6.92 Å². The third-order valence-corrected chi connectivity index (χ3v) is 4.54. The summed E-state index contributed by atoms with van der Waals surface area (Å²) in [6.07, 6.45) is 7.32. The van der Waals surface area contributed by atoms with Crippen molar-refractivity contribution in [2.45, 2.75) is 55.3 Å². The van der Waals surface area contributed by atoms with Gasteiger partial charge in [-0.1, -0.05) is 19.3 Å². The molecule has 0 bridgehead atoms. The zero-order valence-corrected chi connectivity index (χ0v) is 9.93. The van der Waals surface area contributed by atoms with E-state index in [2.05, 4.69) is 0 Å². The molecule has 2 atom stereocenters. The van der Waals surface area contributed by atoms with Gasteiger partial charge in [-0.25, -0.2) is 0 Å². The lowest BCUT2D eigenvalue weighted by atomic mass is 10.1. The van der Waals surface area contributed by atoms with Crippen molar-refractivity contribution in [2.75, 3.05) is 0 Å². The maximum atomic E-state index is 9.99. The minimum atomic E-state index is -0.146. The van der Waals surface area contributed by atoms with Gasteiger partial charge in [0, 0.05) is 10.1 Å². The first-order valence-corrected chi connectivity index (χ1v) is 6.54. The predicted molar refractivity (Wildman–Crippen MR) is 62.2 cm³/mol. The number of hydrogen-bond acceptors (Lipinski definition) is 3. The van der Waals surface area contributed by atoms with Crippen LogP contribution in [-0.2, 0) is 0 Å². The van der Waals surface area contributed by atoms with Crippen LogP contribution in [0.4, 0.5) is 0 Å². The van der Waals surface area contributed by atoms with Gasteiger partial charge in [-0.2, -0.15) is 0 Å². The molecule has 1 saturated carbocycles. The number of aryl methyl sites for hydroxylation is 1. The largest absolute Gasteiger partial charge is 0.468 e. The molecular formula is C12H18O2S. The van der Waals surface area contributed by atoms with Gasteiger partial charge in [0.15, 0.2) is 0 Å². The lowest BCUT2D eigenvalue weighted by molar-refractivity contribution is 0.163. The zero-order chi connectivity index (χ0) is 10.7. The Bertz CT molecular complexity index is 308. The zero-order valence-electron chi connectivity index (χ0n) is 9.11. The second-order valence-electron chi connectivity index (χ2n) is 4.20. The molecular weight excluding hydrogens is 208 g/mol. The van der Waals surface area contributed by atoms with Gasteiger partial charge in [0.2, 0.25) is 0 Å². The first kappa shape index (κ1) is 11.1. The number of hydrogen-bond donors (Lipinski definition) is 1. The van der Waals surface area contributed by atoms with Gasteiger partial charge < -0.3 is 9.52 Å². The second kappa shape index (κ2) is 5.08. The molecule has 1 N–H and O–H groups in total. The second-order valence-corrected chi connectivity index (χ2v) is 5.48. The highest BCUT2D eigenvalue weighted by molar-refractivity contribution is 8.00. The van der Waals surface area contributed by atoms with Crippen LogP contribution in [0.5, 0.6) is 0 Å². The number of furan rings is 1. The van der Waals surface area contributed by atoms with Crippen LogP contribution in [0.25, 0.3) is 0 Å². The summed E-state index contributed by atoms with van der Waals surface area (Å²) >= 11 is 1.78. The summed E-state index contributed by atoms with van der Waals surface area (Å²) in [5.41, 5.74) is 0. The molecule has 84 valence electrons. The maximum absolute atomic E-state index is 9.99. The van der Waals surface area contributed by atoms with Gasteiger partial charge in [0.1, 0.15) is 5.76 Å². The van der Waals surface area contributed by atoms with Crippen LogP contribution in [0.1, 0.15) is 37.9 Å². The van der Waals surface area contributed by atoms with Crippen molar-refractivity contribution in [3.8, 4) is 0 Å². The third kappa shape index (κ3) is 2.79. The molecule has 1 aromatic heterocycles. The minimum absolute atomic E-state index is 0.146. The lowest BCUT2D eigenvalue weighted by Crippen LogP contribution is -2.21. The number of thioether (sulfide) groups is 1. The molecule has 0 radical (unpaired) electrons. The summed E-state index contributed by atoms with van der Waals surface area (Å²) in [6, 6.07) is 2.00. The summed E-state index contributed by atoms with van der Waals surface area (Å²) < 4.78 is 5.27. The summed E-state index contributed by atoms with van der Waals surface area (Å²) in [7, 11) is 0. The van der Waals surface area contributed by atoms with E-state index in [4.69, 9.17) is 4.42 Å². The minimum Gasteiger partial charge on any atom is -0.468 e. The van der Waals surface area contributed by atoms with Crippen LogP contribution in [0.15, 0.2) is 21.6 Å². The summed E-state index contributed by atoms with van der Waals surface area (Å²) in [4.78, 5) is 1.18. The molecule has 0 aromatic carbocycles. The number of aliphatic hydroxyl groups is 1. The van der Waals surface area contributed by atoms with Crippen LogP contribution >= 0.6 is 11.8 Å². The van der Waals surface area contributed by atoms with Crippen molar-refractivity contribution in [3.63, 3.8) is 0 Å². The van der Waals surface area contributed by atoms with Gasteiger partial charge in [-0.05, 0) is 25.8 Å². The van der Waals surface area contributed by atoms with Crippen molar-refractivity contribution in [1.29, 1.82) is 0 Å². The van der Waals surface area contributed by atoms with Crippen LogP contribution in [0.2, 0.25) is 0 Å². The predicted octanol–water partition coefficient (Wildman–Crippen LogP) is 3.37. The van der Waals surface area contributed by atoms with Crippen molar-refractivity contribution >= 4 is 11.8 Å². The Balaban J connectivity index is 2.00. The Kier molecular flexibility index (Phi) is 3.76. The van der Waals surface area contributed by atoms with Gasteiger partial charge in [-0.15, -0.1) is 11.8 Å². The SMILES string of the molecule is Cc1occc1SC1CCCCCC1O. The molecule has 0 amide bonds. The molecule has 1 aliphatic rings.